The Morgan fingerprint density at radius 2 is 1.73 bits per heavy atom. The molecule has 4 nitrogen and oxygen atoms in total. The van der Waals surface area contributed by atoms with Gasteiger partial charge in [-0.15, -0.1) is 0 Å². The molecule has 2 atom stereocenters. The second-order valence-electron chi connectivity index (χ2n) is 7.09. The molecule has 0 amide bonds. The number of nitrogens with two attached hydrogens (primary N) is 1. The van der Waals surface area contributed by atoms with E-state index in [9.17, 15) is 13.9 Å². The number of aromatic nitrogens is 1. The van der Waals surface area contributed by atoms with E-state index in [-0.39, 0.29) is 36.5 Å². The predicted octanol–water partition coefficient (Wildman–Crippen LogP) is 5.22. The SMILES string of the molecule is CC.CC.CC(C)(O)c1cc(C2(CN)CC(F)CO2)nc(-c2ccc(F)cc2)c1F. The summed E-state index contributed by atoms with van der Waals surface area (Å²) in [7, 11) is 0. The van der Waals surface area contributed by atoms with Crippen LogP contribution < -0.4 is 5.73 Å². The number of hydrogen-bond donors (Lipinski definition) is 2. The molecule has 1 saturated heterocycles. The monoisotopic (exact) mass is 426 g/mol. The van der Waals surface area contributed by atoms with E-state index in [2.05, 4.69) is 4.98 Å². The molecular formula is C23H33F3N2O2. The molecule has 0 radical (unpaired) electrons. The fourth-order valence-electron chi connectivity index (χ4n) is 3.16. The highest BCUT2D eigenvalue weighted by Gasteiger charge is 2.44. The molecule has 0 aliphatic carbocycles. The molecule has 0 saturated carbocycles. The van der Waals surface area contributed by atoms with Crippen molar-refractivity contribution in [2.45, 2.75) is 65.3 Å². The van der Waals surface area contributed by atoms with Gasteiger partial charge in [0.15, 0.2) is 5.82 Å². The number of nitrogens with zero attached hydrogens (tertiary/aromatic N) is 1. The molecule has 3 N–H and O–H groups in total. The molecule has 168 valence electrons. The average Bonchev–Trinajstić information content (AvgIpc) is 3.13. The van der Waals surface area contributed by atoms with Gasteiger partial charge in [0.1, 0.15) is 23.3 Å². The lowest BCUT2D eigenvalue weighted by molar-refractivity contribution is 0.00232. The summed E-state index contributed by atoms with van der Waals surface area (Å²) in [5.74, 6) is -1.19. The third-order valence-corrected chi connectivity index (χ3v) is 4.62. The maximum atomic E-state index is 15.1. The number of ether oxygens (including phenoxy) is 1. The van der Waals surface area contributed by atoms with Crippen molar-refractivity contribution in [2.24, 2.45) is 5.73 Å². The summed E-state index contributed by atoms with van der Waals surface area (Å²) >= 11 is 0. The summed E-state index contributed by atoms with van der Waals surface area (Å²) in [6.45, 7) is 10.7. The summed E-state index contributed by atoms with van der Waals surface area (Å²) in [6.07, 6.45) is -1.21. The quantitative estimate of drug-likeness (QED) is 0.703. The Morgan fingerprint density at radius 3 is 2.17 bits per heavy atom. The van der Waals surface area contributed by atoms with E-state index in [0.717, 1.165) is 0 Å². The second-order valence-corrected chi connectivity index (χ2v) is 7.09. The van der Waals surface area contributed by atoms with Crippen molar-refractivity contribution in [3.63, 3.8) is 0 Å². The van der Waals surface area contributed by atoms with Gasteiger partial charge in [-0.05, 0) is 44.2 Å². The maximum Gasteiger partial charge on any atom is 0.155 e. The van der Waals surface area contributed by atoms with Crippen LogP contribution in [0.5, 0.6) is 0 Å². The van der Waals surface area contributed by atoms with Crippen LogP contribution in [0.25, 0.3) is 11.3 Å². The molecule has 1 aromatic carbocycles. The second kappa shape index (κ2) is 10.9. The van der Waals surface area contributed by atoms with E-state index >= 15 is 4.39 Å². The lowest BCUT2D eigenvalue weighted by Crippen LogP contribution is -2.36. The Labute approximate surface area is 177 Å². The van der Waals surface area contributed by atoms with Crippen molar-refractivity contribution in [1.29, 1.82) is 0 Å². The summed E-state index contributed by atoms with van der Waals surface area (Å²) in [6, 6.07) is 6.53. The van der Waals surface area contributed by atoms with Gasteiger partial charge in [0.05, 0.1) is 17.9 Å². The molecule has 7 heteroatoms. The Morgan fingerprint density at radius 1 is 1.17 bits per heavy atom. The highest BCUT2D eigenvalue weighted by molar-refractivity contribution is 5.62. The van der Waals surface area contributed by atoms with Gasteiger partial charge >= 0.3 is 0 Å². The molecule has 0 spiro atoms. The lowest BCUT2D eigenvalue weighted by atomic mass is 9.89. The third-order valence-electron chi connectivity index (χ3n) is 4.62. The normalized spacial score (nSPS) is 20.7. The van der Waals surface area contributed by atoms with Crippen molar-refractivity contribution in [1.82, 2.24) is 4.98 Å². The number of aliphatic hydroxyl groups is 1. The fraction of sp³-hybridized carbons (Fsp3) is 0.522. The number of pyridine rings is 1. The highest BCUT2D eigenvalue weighted by atomic mass is 19.1. The fourth-order valence-corrected chi connectivity index (χ4v) is 3.16. The topological polar surface area (TPSA) is 68.4 Å². The van der Waals surface area contributed by atoms with Crippen LogP contribution in [0.4, 0.5) is 13.2 Å². The summed E-state index contributed by atoms with van der Waals surface area (Å²) in [5.41, 5.74) is 3.62. The Balaban J connectivity index is 0.00000106. The van der Waals surface area contributed by atoms with Crippen LogP contribution in [-0.2, 0) is 15.9 Å². The third kappa shape index (κ3) is 5.59. The van der Waals surface area contributed by atoms with Crippen LogP contribution in [0.3, 0.4) is 0 Å². The summed E-state index contributed by atoms with van der Waals surface area (Å²) < 4.78 is 47.7. The minimum absolute atomic E-state index is 0.00368. The molecule has 1 aliphatic heterocycles. The molecule has 1 aliphatic rings. The summed E-state index contributed by atoms with van der Waals surface area (Å²) in [4.78, 5) is 4.33. The molecule has 1 aromatic heterocycles. The smallest absolute Gasteiger partial charge is 0.155 e. The largest absolute Gasteiger partial charge is 0.386 e. The van der Waals surface area contributed by atoms with Crippen molar-refractivity contribution < 1.29 is 23.0 Å². The van der Waals surface area contributed by atoms with Crippen LogP contribution in [-0.4, -0.2) is 29.4 Å². The zero-order valence-corrected chi connectivity index (χ0v) is 18.6. The van der Waals surface area contributed by atoms with Gasteiger partial charge in [-0.25, -0.2) is 18.2 Å². The zero-order chi connectivity index (χ0) is 23.1. The lowest BCUT2D eigenvalue weighted by Gasteiger charge is -2.29. The van der Waals surface area contributed by atoms with Crippen molar-refractivity contribution in [3.8, 4) is 11.3 Å². The van der Waals surface area contributed by atoms with Crippen LogP contribution in [0.1, 0.15) is 59.2 Å². The minimum Gasteiger partial charge on any atom is -0.386 e. The maximum absolute atomic E-state index is 15.1. The number of alkyl halides is 1. The van der Waals surface area contributed by atoms with E-state index in [4.69, 9.17) is 10.5 Å². The van der Waals surface area contributed by atoms with Gasteiger partial charge in [-0.2, -0.15) is 0 Å². The average molecular weight is 427 g/mol. The predicted molar refractivity (Wildman–Crippen MR) is 114 cm³/mol. The van der Waals surface area contributed by atoms with Gasteiger partial charge in [-0.1, -0.05) is 27.7 Å². The number of halogens is 3. The molecule has 3 rings (SSSR count). The first kappa shape index (κ1) is 26.1. The number of benzene rings is 1. The highest BCUT2D eigenvalue weighted by Crippen LogP contribution is 2.39. The van der Waals surface area contributed by atoms with Gasteiger partial charge in [-0.3, -0.25) is 0 Å². The van der Waals surface area contributed by atoms with E-state index < -0.39 is 29.0 Å². The standard InChI is InChI=1S/C19H21F3N2O2.2C2H6/c1-18(2,25)14-7-15(19(10-23)8-13(21)9-26-19)24-17(16(14)22)11-3-5-12(20)6-4-11;2*1-2/h3-7,13,25H,8-10,23H2,1-2H3;2*1-2H3. The van der Waals surface area contributed by atoms with Gasteiger partial charge in [0.25, 0.3) is 0 Å². The molecule has 2 heterocycles. The Kier molecular flexibility index (Phi) is 9.46. The van der Waals surface area contributed by atoms with Crippen LogP contribution in [0, 0.1) is 11.6 Å². The van der Waals surface area contributed by atoms with Crippen LogP contribution >= 0.6 is 0 Å². The van der Waals surface area contributed by atoms with Gasteiger partial charge in [0, 0.05) is 24.1 Å². The first-order valence-corrected chi connectivity index (χ1v) is 10.3. The van der Waals surface area contributed by atoms with Crippen LogP contribution in [0.2, 0.25) is 0 Å². The van der Waals surface area contributed by atoms with E-state index in [1.54, 1.807) is 0 Å². The molecule has 2 aromatic rings. The van der Waals surface area contributed by atoms with Crippen LogP contribution in [0.15, 0.2) is 30.3 Å². The molecular weight excluding hydrogens is 393 g/mol. The van der Waals surface area contributed by atoms with Crippen molar-refractivity contribution in [2.75, 3.05) is 13.2 Å². The van der Waals surface area contributed by atoms with Gasteiger partial charge < -0.3 is 15.6 Å². The molecule has 0 bridgehead atoms. The van der Waals surface area contributed by atoms with Gasteiger partial charge in [0.2, 0.25) is 0 Å². The first-order valence-electron chi connectivity index (χ1n) is 10.3. The van der Waals surface area contributed by atoms with Crippen molar-refractivity contribution in [3.05, 3.63) is 53.2 Å². The molecule has 1 fully saturated rings. The van der Waals surface area contributed by atoms with E-state index in [1.165, 1.54) is 44.2 Å². The zero-order valence-electron chi connectivity index (χ0n) is 18.6. The first-order chi connectivity index (χ1) is 14.2. The minimum atomic E-state index is -1.51. The molecule has 30 heavy (non-hydrogen) atoms. The van der Waals surface area contributed by atoms with E-state index in [1.807, 2.05) is 27.7 Å². The van der Waals surface area contributed by atoms with E-state index in [0.29, 0.717) is 5.56 Å². The summed E-state index contributed by atoms with van der Waals surface area (Å²) in [5, 5.41) is 10.4. The van der Waals surface area contributed by atoms with Crippen molar-refractivity contribution >= 4 is 0 Å². The number of rotatable bonds is 4. The Hall–Kier alpha value is -1.96. The number of hydrogen-bond acceptors (Lipinski definition) is 4. The molecule has 2 unspecified atom stereocenters. The Bertz CT molecular complexity index is 807.